The van der Waals surface area contributed by atoms with E-state index in [0.29, 0.717) is 23.9 Å². The van der Waals surface area contributed by atoms with Gasteiger partial charge in [0.25, 0.3) is 5.91 Å². The van der Waals surface area contributed by atoms with E-state index in [9.17, 15) is 14.7 Å². The fourth-order valence-electron chi connectivity index (χ4n) is 3.58. The molecule has 2 atom stereocenters. The van der Waals surface area contributed by atoms with Crippen molar-refractivity contribution in [1.29, 1.82) is 0 Å². The number of rotatable bonds is 3. The Kier molecular flexibility index (Phi) is 4.49. The Morgan fingerprint density at radius 2 is 2.00 bits per heavy atom. The van der Waals surface area contributed by atoms with Crippen LogP contribution in [0.1, 0.15) is 40.9 Å². The number of hydrogen-bond donors (Lipinski definition) is 1. The minimum absolute atomic E-state index is 0.125. The van der Waals surface area contributed by atoms with E-state index in [1.165, 1.54) is 24.2 Å². The van der Waals surface area contributed by atoms with Crippen molar-refractivity contribution in [2.75, 3.05) is 19.6 Å². The molecule has 3 rings (SSSR count). The summed E-state index contributed by atoms with van der Waals surface area (Å²) in [4.78, 5) is 29.0. The topological polar surface area (TPSA) is 60.9 Å². The summed E-state index contributed by atoms with van der Waals surface area (Å²) in [6, 6.07) is 1.51. The summed E-state index contributed by atoms with van der Waals surface area (Å²) in [5, 5.41) is 11.5. The van der Waals surface area contributed by atoms with Gasteiger partial charge in [0, 0.05) is 12.6 Å². The Morgan fingerprint density at radius 1 is 1.27 bits per heavy atom. The minimum Gasteiger partial charge on any atom is -0.480 e. The van der Waals surface area contributed by atoms with Gasteiger partial charge in [-0.15, -0.1) is 11.3 Å². The maximum absolute atomic E-state index is 12.7. The fraction of sp³-hybridized carbons (Fsp3) is 0.625. The molecule has 120 valence electrons. The average Bonchev–Trinajstić information content (AvgIpc) is 3.17. The first kappa shape index (κ1) is 15.5. The molecule has 6 heteroatoms. The zero-order chi connectivity index (χ0) is 15.7. The Labute approximate surface area is 134 Å². The van der Waals surface area contributed by atoms with Gasteiger partial charge in [-0.2, -0.15) is 0 Å². The molecule has 22 heavy (non-hydrogen) atoms. The van der Waals surface area contributed by atoms with Crippen LogP contribution in [0.4, 0.5) is 0 Å². The number of carboxylic acid groups (broad SMARTS) is 1. The van der Waals surface area contributed by atoms with Crippen molar-refractivity contribution in [3.63, 3.8) is 0 Å². The molecule has 1 aromatic rings. The Hall–Kier alpha value is -1.40. The lowest BCUT2D eigenvalue weighted by Gasteiger charge is -2.40. The lowest BCUT2D eigenvalue weighted by Crippen LogP contribution is -2.54. The average molecular weight is 322 g/mol. The van der Waals surface area contributed by atoms with Crippen molar-refractivity contribution >= 4 is 23.2 Å². The molecule has 1 amide bonds. The molecule has 0 spiro atoms. The zero-order valence-electron chi connectivity index (χ0n) is 12.8. The van der Waals surface area contributed by atoms with Crippen LogP contribution >= 0.6 is 11.3 Å². The summed E-state index contributed by atoms with van der Waals surface area (Å²) in [6.45, 7) is 4.56. The number of hydrogen-bond acceptors (Lipinski definition) is 4. The summed E-state index contributed by atoms with van der Waals surface area (Å²) >= 11 is 1.40. The van der Waals surface area contributed by atoms with Crippen molar-refractivity contribution in [3.05, 3.63) is 21.9 Å². The molecule has 2 fully saturated rings. The van der Waals surface area contributed by atoms with Crippen LogP contribution in [0.15, 0.2) is 11.4 Å². The van der Waals surface area contributed by atoms with Crippen LogP contribution in [0.25, 0.3) is 0 Å². The third kappa shape index (κ3) is 2.90. The van der Waals surface area contributed by atoms with Crippen LogP contribution in [0.5, 0.6) is 0 Å². The molecule has 3 heterocycles. The number of nitrogens with zero attached hydrogens (tertiary/aromatic N) is 2. The highest BCUT2D eigenvalue weighted by atomic mass is 32.1. The van der Waals surface area contributed by atoms with E-state index in [2.05, 4.69) is 4.90 Å². The van der Waals surface area contributed by atoms with Crippen LogP contribution < -0.4 is 0 Å². The van der Waals surface area contributed by atoms with Gasteiger partial charge in [-0.3, -0.25) is 4.79 Å². The smallest absolute Gasteiger partial charge is 0.326 e. The Bertz CT molecular complexity index is 565. The van der Waals surface area contributed by atoms with E-state index in [1.807, 2.05) is 18.4 Å². The molecule has 1 aromatic heterocycles. The van der Waals surface area contributed by atoms with Crippen LogP contribution in [-0.2, 0) is 4.79 Å². The van der Waals surface area contributed by atoms with Gasteiger partial charge in [-0.1, -0.05) is 0 Å². The lowest BCUT2D eigenvalue weighted by atomic mass is 9.95. The van der Waals surface area contributed by atoms with Crippen LogP contribution in [0.2, 0.25) is 0 Å². The lowest BCUT2D eigenvalue weighted by molar-refractivity contribution is -0.144. The molecule has 1 N–H and O–H groups in total. The number of amides is 1. The minimum atomic E-state index is -0.883. The molecule has 5 nitrogen and oxygen atoms in total. The number of carbonyl (C=O) groups excluding carboxylic acids is 1. The standard InChI is InChI=1S/C16H22N2O3S/c1-11-5-9-22-14(11)15(19)18-8-4-12(10-13(18)16(20)21)17-6-2-3-7-17/h5,9,12-13H,2-4,6-8,10H2,1H3,(H,20,21). The van der Waals surface area contributed by atoms with Crippen LogP contribution in [0, 0.1) is 6.92 Å². The van der Waals surface area contributed by atoms with E-state index < -0.39 is 12.0 Å². The van der Waals surface area contributed by atoms with Gasteiger partial charge < -0.3 is 14.9 Å². The first-order valence-electron chi connectivity index (χ1n) is 7.90. The second-order valence-electron chi connectivity index (χ2n) is 6.21. The quantitative estimate of drug-likeness (QED) is 0.927. The molecule has 2 aliphatic heterocycles. The summed E-state index contributed by atoms with van der Waals surface area (Å²) < 4.78 is 0. The predicted molar refractivity (Wildman–Crippen MR) is 85.3 cm³/mol. The second kappa shape index (κ2) is 6.38. The summed E-state index contributed by atoms with van der Waals surface area (Å²) in [7, 11) is 0. The predicted octanol–water partition coefficient (Wildman–Crippen LogP) is 2.21. The normalized spacial score (nSPS) is 26.3. The monoisotopic (exact) mass is 322 g/mol. The summed E-state index contributed by atoms with van der Waals surface area (Å²) in [5.41, 5.74) is 0.931. The van der Waals surface area contributed by atoms with Gasteiger partial charge in [0.05, 0.1) is 4.88 Å². The molecular formula is C16H22N2O3S. The van der Waals surface area contributed by atoms with Crippen molar-refractivity contribution in [2.45, 2.75) is 44.7 Å². The molecular weight excluding hydrogens is 300 g/mol. The third-order valence-corrected chi connectivity index (χ3v) is 5.84. The number of carbonyl (C=O) groups is 2. The van der Waals surface area contributed by atoms with Gasteiger partial charge >= 0.3 is 5.97 Å². The molecule has 2 saturated heterocycles. The van der Waals surface area contributed by atoms with Gasteiger partial charge in [0.15, 0.2) is 0 Å². The maximum Gasteiger partial charge on any atom is 0.326 e. The second-order valence-corrected chi connectivity index (χ2v) is 7.12. The van der Waals surface area contributed by atoms with E-state index in [-0.39, 0.29) is 5.91 Å². The SMILES string of the molecule is Cc1ccsc1C(=O)N1CCC(N2CCCC2)CC1C(=O)O. The molecule has 0 saturated carbocycles. The van der Waals surface area contributed by atoms with Crippen LogP contribution in [0.3, 0.4) is 0 Å². The first-order valence-corrected chi connectivity index (χ1v) is 8.78. The summed E-state index contributed by atoms with van der Waals surface area (Å²) in [5.74, 6) is -1.01. The van der Waals surface area contributed by atoms with E-state index in [1.54, 1.807) is 4.90 Å². The maximum atomic E-state index is 12.7. The Morgan fingerprint density at radius 3 is 2.59 bits per heavy atom. The number of likely N-dealkylation sites (tertiary alicyclic amines) is 2. The number of carboxylic acids is 1. The van der Waals surface area contributed by atoms with Crippen molar-refractivity contribution in [1.82, 2.24) is 9.80 Å². The number of aryl methyl sites for hydroxylation is 1. The summed E-state index contributed by atoms with van der Waals surface area (Å²) in [6.07, 6.45) is 3.82. The molecule has 2 aliphatic rings. The van der Waals surface area contributed by atoms with Gasteiger partial charge in [0.1, 0.15) is 6.04 Å². The number of thiophene rings is 1. The third-order valence-electron chi connectivity index (χ3n) is 4.83. The van der Waals surface area contributed by atoms with E-state index in [4.69, 9.17) is 0 Å². The highest BCUT2D eigenvalue weighted by Gasteiger charge is 2.39. The van der Waals surface area contributed by atoms with Crippen LogP contribution in [-0.4, -0.2) is 58.5 Å². The highest BCUT2D eigenvalue weighted by Crippen LogP contribution is 2.28. The fourth-order valence-corrected chi connectivity index (χ4v) is 4.46. The van der Waals surface area contributed by atoms with Gasteiger partial charge in [0.2, 0.25) is 0 Å². The zero-order valence-corrected chi connectivity index (χ0v) is 13.6. The molecule has 0 bridgehead atoms. The molecule has 2 unspecified atom stereocenters. The van der Waals surface area contributed by atoms with E-state index in [0.717, 1.165) is 25.1 Å². The molecule has 0 radical (unpaired) electrons. The highest BCUT2D eigenvalue weighted by molar-refractivity contribution is 7.12. The molecule has 0 aliphatic carbocycles. The van der Waals surface area contributed by atoms with Crippen molar-refractivity contribution in [3.8, 4) is 0 Å². The first-order chi connectivity index (χ1) is 10.6. The van der Waals surface area contributed by atoms with Gasteiger partial charge in [-0.25, -0.2) is 4.79 Å². The number of aliphatic carboxylic acids is 1. The van der Waals surface area contributed by atoms with Crippen molar-refractivity contribution < 1.29 is 14.7 Å². The molecule has 0 aromatic carbocycles. The Balaban J connectivity index is 1.76. The van der Waals surface area contributed by atoms with Crippen molar-refractivity contribution in [2.24, 2.45) is 0 Å². The van der Waals surface area contributed by atoms with Gasteiger partial charge in [-0.05, 0) is 62.7 Å². The number of piperidine rings is 1. The largest absolute Gasteiger partial charge is 0.480 e. The van der Waals surface area contributed by atoms with E-state index >= 15 is 0 Å².